The van der Waals surface area contributed by atoms with Crippen molar-refractivity contribution in [1.82, 2.24) is 10.6 Å². The van der Waals surface area contributed by atoms with Crippen LogP contribution in [0.5, 0.6) is 0 Å². The van der Waals surface area contributed by atoms with Crippen molar-refractivity contribution >= 4 is 29.7 Å². The number of ether oxygens (including phenoxy) is 1. The molecular formula is C39H54N2O5S. The molecule has 4 bridgehead atoms. The van der Waals surface area contributed by atoms with E-state index >= 15 is 0 Å². The SMILES string of the molecule is CCc1ccc(C(=O)NC(CCSC)C(=O)O)c(-c2ccccc2C)c1.O=C(NCC1CCCCC1)OC1C2CC3CC(C2)CC1C3. The Morgan fingerprint density at radius 3 is 2.23 bits per heavy atom. The van der Waals surface area contributed by atoms with Crippen LogP contribution in [0.15, 0.2) is 42.5 Å². The van der Waals surface area contributed by atoms with Crippen LogP contribution in [-0.4, -0.2) is 53.8 Å². The third-order valence-corrected chi connectivity index (χ3v) is 11.7. The lowest BCUT2D eigenvalue weighted by molar-refractivity contribution is -0.139. The van der Waals surface area contributed by atoms with E-state index in [1.54, 1.807) is 17.8 Å². The third kappa shape index (κ3) is 9.33. The summed E-state index contributed by atoms with van der Waals surface area (Å²) in [5, 5.41) is 15.1. The highest BCUT2D eigenvalue weighted by Gasteiger charge is 2.50. The summed E-state index contributed by atoms with van der Waals surface area (Å²) in [5.74, 6) is 3.23. The molecule has 2 amide bonds. The fourth-order valence-electron chi connectivity index (χ4n) is 8.69. The number of carboxylic acids is 1. The molecule has 0 heterocycles. The summed E-state index contributed by atoms with van der Waals surface area (Å²) in [5.41, 5.74) is 4.55. The molecule has 1 atom stereocenters. The van der Waals surface area contributed by atoms with Crippen molar-refractivity contribution in [2.75, 3.05) is 18.6 Å². The van der Waals surface area contributed by atoms with Crippen molar-refractivity contribution < 1.29 is 24.2 Å². The molecule has 8 heteroatoms. The van der Waals surface area contributed by atoms with Gasteiger partial charge in [0.05, 0.1) is 0 Å². The van der Waals surface area contributed by atoms with Crippen LogP contribution in [-0.2, 0) is 16.0 Å². The Labute approximate surface area is 285 Å². The van der Waals surface area contributed by atoms with Crippen molar-refractivity contribution in [1.29, 1.82) is 0 Å². The Bertz CT molecular complexity index is 1340. The number of hydrogen-bond acceptors (Lipinski definition) is 5. The van der Waals surface area contributed by atoms with Gasteiger partial charge >= 0.3 is 12.1 Å². The van der Waals surface area contributed by atoms with E-state index in [-0.39, 0.29) is 18.1 Å². The van der Waals surface area contributed by atoms with E-state index in [2.05, 4.69) is 17.6 Å². The van der Waals surface area contributed by atoms with Gasteiger partial charge < -0.3 is 20.5 Å². The van der Waals surface area contributed by atoms with Crippen LogP contribution < -0.4 is 10.6 Å². The van der Waals surface area contributed by atoms with Gasteiger partial charge in [0, 0.05) is 12.1 Å². The topological polar surface area (TPSA) is 105 Å². The zero-order chi connectivity index (χ0) is 33.3. The maximum Gasteiger partial charge on any atom is 0.407 e. The number of nitrogens with one attached hydrogen (secondary N) is 2. The quantitative estimate of drug-likeness (QED) is 0.224. The first-order chi connectivity index (χ1) is 22.7. The standard InChI is InChI=1S/C21H25NO3S.C18H29NO2/c1-4-15-9-10-17(18(13-15)16-8-6-5-7-14(16)2)20(23)22-19(21(24)25)11-12-26-3;20-18(19-11-12-4-2-1-3-5-12)21-17-15-7-13-6-14(9-15)10-16(17)8-13/h5-10,13,19H,4,11-12H2,1-3H3,(H,22,23)(H,24,25);12-17H,1-11H2,(H,19,20). The maximum atomic E-state index is 12.8. The molecule has 1 unspecified atom stereocenters. The number of alkyl carbamates (subject to hydrolysis) is 1. The first-order valence-electron chi connectivity index (χ1n) is 17.9. The molecule has 47 heavy (non-hydrogen) atoms. The molecular weight excluding hydrogens is 609 g/mol. The number of hydrogen-bond donors (Lipinski definition) is 3. The van der Waals surface area contributed by atoms with Crippen LogP contribution >= 0.6 is 11.8 Å². The first kappa shape index (κ1) is 35.3. The molecule has 5 saturated carbocycles. The fraction of sp³-hybridized carbons (Fsp3) is 0.615. The first-order valence-corrected chi connectivity index (χ1v) is 19.3. The van der Waals surface area contributed by atoms with E-state index in [1.165, 1.54) is 64.2 Å². The largest absolute Gasteiger partial charge is 0.480 e. The summed E-state index contributed by atoms with van der Waals surface area (Å²) in [4.78, 5) is 36.4. The summed E-state index contributed by atoms with van der Waals surface area (Å²) < 4.78 is 5.87. The number of amides is 2. The number of rotatable bonds is 11. The van der Waals surface area contributed by atoms with E-state index in [0.29, 0.717) is 35.5 Å². The summed E-state index contributed by atoms with van der Waals surface area (Å²) in [6.45, 7) is 4.90. The van der Waals surface area contributed by atoms with E-state index in [4.69, 9.17) is 4.74 Å². The minimum absolute atomic E-state index is 0.141. The Morgan fingerprint density at radius 2 is 1.62 bits per heavy atom. The zero-order valence-corrected chi connectivity index (χ0v) is 29.3. The Balaban J connectivity index is 0.000000188. The molecule has 0 radical (unpaired) electrons. The molecule has 2 aromatic rings. The Hall–Kier alpha value is -3.00. The summed E-state index contributed by atoms with van der Waals surface area (Å²) in [7, 11) is 0. The predicted octanol–water partition coefficient (Wildman–Crippen LogP) is 8.28. The highest BCUT2D eigenvalue weighted by molar-refractivity contribution is 7.98. The molecule has 0 saturated heterocycles. The molecule has 7 rings (SSSR count). The van der Waals surface area contributed by atoms with Crippen LogP contribution in [0.1, 0.15) is 99.0 Å². The van der Waals surface area contributed by atoms with E-state index in [0.717, 1.165) is 47.1 Å². The second-order valence-electron chi connectivity index (χ2n) is 14.4. The number of carboxylic acid groups (broad SMARTS) is 1. The molecule has 5 aliphatic rings. The molecule has 3 N–H and O–H groups in total. The molecule has 5 aliphatic carbocycles. The smallest absolute Gasteiger partial charge is 0.407 e. The molecule has 0 aromatic heterocycles. The van der Waals surface area contributed by atoms with Gasteiger partial charge in [-0.2, -0.15) is 11.8 Å². The number of carbonyl (C=O) groups excluding carboxylic acids is 2. The average molecular weight is 663 g/mol. The molecule has 2 aromatic carbocycles. The van der Waals surface area contributed by atoms with Gasteiger partial charge in [-0.05, 0) is 135 Å². The van der Waals surface area contributed by atoms with E-state index in [9.17, 15) is 19.5 Å². The van der Waals surface area contributed by atoms with Crippen molar-refractivity contribution in [3.8, 4) is 11.1 Å². The summed E-state index contributed by atoms with van der Waals surface area (Å²) in [6.07, 6.45) is 16.6. The fourth-order valence-corrected chi connectivity index (χ4v) is 9.16. The normalized spacial score (nSPS) is 25.3. The van der Waals surface area contributed by atoms with Crippen LogP contribution in [0.25, 0.3) is 11.1 Å². The number of aliphatic carboxylic acids is 1. The minimum atomic E-state index is -1.00. The molecule has 7 nitrogen and oxygen atoms in total. The highest BCUT2D eigenvalue weighted by atomic mass is 32.2. The molecule has 5 fully saturated rings. The molecule has 0 aliphatic heterocycles. The Morgan fingerprint density at radius 1 is 0.936 bits per heavy atom. The molecule has 256 valence electrons. The van der Waals surface area contributed by atoms with Gasteiger partial charge in [0.15, 0.2) is 0 Å². The van der Waals surface area contributed by atoms with Crippen molar-refractivity contribution in [3.63, 3.8) is 0 Å². The van der Waals surface area contributed by atoms with E-state index < -0.39 is 12.0 Å². The van der Waals surface area contributed by atoms with Crippen LogP contribution in [0.4, 0.5) is 4.79 Å². The summed E-state index contributed by atoms with van der Waals surface area (Å²) in [6, 6.07) is 12.8. The number of aryl methyl sites for hydroxylation is 2. The maximum absolute atomic E-state index is 12.8. The summed E-state index contributed by atoms with van der Waals surface area (Å²) >= 11 is 1.56. The average Bonchev–Trinajstić information content (AvgIpc) is 3.07. The number of carbonyl (C=O) groups is 3. The van der Waals surface area contributed by atoms with Gasteiger partial charge in [-0.25, -0.2) is 9.59 Å². The second-order valence-corrected chi connectivity index (χ2v) is 15.4. The lowest BCUT2D eigenvalue weighted by Crippen LogP contribution is -2.51. The van der Waals surface area contributed by atoms with Crippen molar-refractivity contribution in [2.45, 2.75) is 103 Å². The lowest BCUT2D eigenvalue weighted by atomic mass is 9.55. The zero-order valence-electron chi connectivity index (χ0n) is 28.5. The van der Waals surface area contributed by atoms with Crippen molar-refractivity contribution in [2.24, 2.45) is 29.6 Å². The van der Waals surface area contributed by atoms with Gasteiger partial charge in [0.25, 0.3) is 5.91 Å². The van der Waals surface area contributed by atoms with Crippen LogP contribution in [0.3, 0.4) is 0 Å². The molecule has 0 spiro atoms. The minimum Gasteiger partial charge on any atom is -0.480 e. The van der Waals surface area contributed by atoms with Gasteiger partial charge in [-0.15, -0.1) is 0 Å². The van der Waals surface area contributed by atoms with Gasteiger partial charge in [0.1, 0.15) is 12.1 Å². The van der Waals surface area contributed by atoms with Gasteiger partial charge in [-0.3, -0.25) is 4.79 Å². The van der Waals surface area contributed by atoms with Crippen LogP contribution in [0.2, 0.25) is 0 Å². The highest BCUT2D eigenvalue weighted by Crippen LogP contribution is 2.54. The number of thioether (sulfide) groups is 1. The van der Waals surface area contributed by atoms with Crippen LogP contribution in [0, 0.1) is 36.5 Å². The van der Waals surface area contributed by atoms with Gasteiger partial charge in [0.2, 0.25) is 0 Å². The van der Waals surface area contributed by atoms with Gasteiger partial charge in [-0.1, -0.05) is 62.6 Å². The number of benzene rings is 2. The third-order valence-electron chi connectivity index (χ3n) is 11.0. The second kappa shape index (κ2) is 16.9. The monoisotopic (exact) mass is 662 g/mol. The lowest BCUT2D eigenvalue weighted by Gasteiger charge is -2.53. The predicted molar refractivity (Wildman–Crippen MR) is 190 cm³/mol. The van der Waals surface area contributed by atoms with E-state index in [1.807, 2.05) is 49.6 Å². The Kier molecular flexibility index (Phi) is 12.7. The van der Waals surface area contributed by atoms with Crippen molar-refractivity contribution in [3.05, 3.63) is 59.2 Å².